The minimum Gasteiger partial charge on any atom is -0.478 e. The molecule has 0 fully saturated rings. The second kappa shape index (κ2) is 5.99. The summed E-state index contributed by atoms with van der Waals surface area (Å²) >= 11 is 0. The van der Waals surface area contributed by atoms with Crippen molar-refractivity contribution < 1.29 is 24.9 Å². The van der Waals surface area contributed by atoms with E-state index in [1.807, 2.05) is 0 Å². The molecule has 0 spiro atoms. The SMILES string of the molecule is Cc1c(C(=O)O)ccc(-c2cccc(C(C)O)c2)c1C(=O)O. The number of benzene rings is 2. The zero-order valence-electron chi connectivity index (χ0n) is 12.2. The zero-order chi connectivity index (χ0) is 16.4. The molecule has 3 N–H and O–H groups in total. The van der Waals surface area contributed by atoms with Crippen molar-refractivity contribution in [3.05, 3.63) is 58.7 Å². The van der Waals surface area contributed by atoms with E-state index in [0.717, 1.165) is 0 Å². The Bertz CT molecular complexity index is 747. The summed E-state index contributed by atoms with van der Waals surface area (Å²) in [5, 5.41) is 28.2. The molecule has 0 saturated carbocycles. The summed E-state index contributed by atoms with van der Waals surface area (Å²) in [5.74, 6) is -2.35. The van der Waals surface area contributed by atoms with E-state index >= 15 is 0 Å². The van der Waals surface area contributed by atoms with Crippen LogP contribution in [0, 0.1) is 6.92 Å². The second-order valence-electron chi connectivity index (χ2n) is 5.07. The van der Waals surface area contributed by atoms with Crippen molar-refractivity contribution in [2.45, 2.75) is 20.0 Å². The Morgan fingerprint density at radius 3 is 2.27 bits per heavy atom. The topological polar surface area (TPSA) is 94.8 Å². The van der Waals surface area contributed by atoms with Crippen molar-refractivity contribution in [2.24, 2.45) is 0 Å². The van der Waals surface area contributed by atoms with Crippen LogP contribution in [0.25, 0.3) is 11.1 Å². The first-order chi connectivity index (χ1) is 10.3. The molecule has 2 rings (SSSR count). The maximum Gasteiger partial charge on any atom is 0.336 e. The van der Waals surface area contributed by atoms with Gasteiger partial charge >= 0.3 is 11.9 Å². The van der Waals surface area contributed by atoms with Gasteiger partial charge in [-0.05, 0) is 48.2 Å². The molecule has 5 nitrogen and oxygen atoms in total. The summed E-state index contributed by atoms with van der Waals surface area (Å²) in [6.45, 7) is 3.10. The normalized spacial score (nSPS) is 12.0. The van der Waals surface area contributed by atoms with Gasteiger partial charge in [0.1, 0.15) is 0 Å². The monoisotopic (exact) mass is 300 g/mol. The number of aliphatic hydroxyl groups excluding tert-OH is 1. The van der Waals surface area contributed by atoms with Crippen molar-refractivity contribution in [1.29, 1.82) is 0 Å². The van der Waals surface area contributed by atoms with Crippen LogP contribution in [0.1, 0.15) is 44.9 Å². The summed E-state index contributed by atoms with van der Waals surface area (Å²) in [4.78, 5) is 22.7. The number of carbonyl (C=O) groups is 2. The highest BCUT2D eigenvalue weighted by atomic mass is 16.4. The smallest absolute Gasteiger partial charge is 0.336 e. The minimum absolute atomic E-state index is 0.0344. The van der Waals surface area contributed by atoms with Crippen LogP contribution in [0.2, 0.25) is 0 Å². The van der Waals surface area contributed by atoms with Crippen LogP contribution in [0.15, 0.2) is 36.4 Å². The largest absolute Gasteiger partial charge is 0.478 e. The minimum atomic E-state index is -1.18. The lowest BCUT2D eigenvalue weighted by atomic mass is 9.91. The second-order valence-corrected chi connectivity index (χ2v) is 5.07. The molecule has 0 aliphatic heterocycles. The molecule has 22 heavy (non-hydrogen) atoms. The Morgan fingerprint density at radius 2 is 1.73 bits per heavy atom. The van der Waals surface area contributed by atoms with Gasteiger partial charge < -0.3 is 15.3 Å². The number of aliphatic hydroxyl groups is 1. The van der Waals surface area contributed by atoms with E-state index in [4.69, 9.17) is 5.11 Å². The van der Waals surface area contributed by atoms with Crippen LogP contribution in [0.3, 0.4) is 0 Å². The number of aromatic carboxylic acids is 2. The van der Waals surface area contributed by atoms with E-state index in [1.54, 1.807) is 31.2 Å². The molecule has 5 heteroatoms. The van der Waals surface area contributed by atoms with Crippen LogP contribution >= 0.6 is 0 Å². The highest BCUT2D eigenvalue weighted by molar-refractivity contribution is 6.02. The summed E-state index contributed by atoms with van der Waals surface area (Å²) in [7, 11) is 0. The Hall–Kier alpha value is -2.66. The molecule has 0 heterocycles. The lowest BCUT2D eigenvalue weighted by Crippen LogP contribution is -2.09. The lowest BCUT2D eigenvalue weighted by Gasteiger charge is -2.13. The molecule has 2 aromatic carbocycles. The maximum absolute atomic E-state index is 11.6. The first-order valence-electron chi connectivity index (χ1n) is 6.71. The first kappa shape index (κ1) is 15.7. The van der Waals surface area contributed by atoms with Gasteiger partial charge in [0.25, 0.3) is 0 Å². The van der Waals surface area contributed by atoms with Gasteiger partial charge in [0, 0.05) is 0 Å². The third-order valence-corrected chi connectivity index (χ3v) is 3.59. The van der Waals surface area contributed by atoms with E-state index in [0.29, 0.717) is 16.7 Å². The van der Waals surface area contributed by atoms with Gasteiger partial charge in [-0.3, -0.25) is 0 Å². The maximum atomic E-state index is 11.6. The van der Waals surface area contributed by atoms with Crippen LogP contribution in [-0.2, 0) is 0 Å². The molecule has 0 bridgehead atoms. The molecule has 0 amide bonds. The van der Waals surface area contributed by atoms with Crippen molar-refractivity contribution in [3.8, 4) is 11.1 Å². The fourth-order valence-electron chi connectivity index (χ4n) is 2.43. The number of rotatable bonds is 4. The molecule has 0 radical (unpaired) electrons. The fourth-order valence-corrected chi connectivity index (χ4v) is 2.43. The molecule has 1 unspecified atom stereocenters. The van der Waals surface area contributed by atoms with Gasteiger partial charge in [0.2, 0.25) is 0 Å². The number of carboxylic acid groups (broad SMARTS) is 2. The van der Waals surface area contributed by atoms with E-state index in [2.05, 4.69) is 0 Å². The highest BCUT2D eigenvalue weighted by Gasteiger charge is 2.20. The van der Waals surface area contributed by atoms with E-state index in [1.165, 1.54) is 19.1 Å². The first-order valence-corrected chi connectivity index (χ1v) is 6.71. The average Bonchev–Trinajstić information content (AvgIpc) is 2.46. The zero-order valence-corrected chi connectivity index (χ0v) is 12.2. The Labute approximate surface area is 127 Å². The molecule has 2 aromatic rings. The van der Waals surface area contributed by atoms with E-state index < -0.39 is 18.0 Å². The summed E-state index contributed by atoms with van der Waals surface area (Å²) in [6, 6.07) is 9.78. The van der Waals surface area contributed by atoms with Gasteiger partial charge in [0.05, 0.1) is 17.2 Å². The van der Waals surface area contributed by atoms with Crippen LogP contribution < -0.4 is 0 Å². The lowest BCUT2D eigenvalue weighted by molar-refractivity contribution is 0.0696. The van der Waals surface area contributed by atoms with E-state index in [9.17, 15) is 19.8 Å². The third-order valence-electron chi connectivity index (χ3n) is 3.59. The van der Waals surface area contributed by atoms with Gasteiger partial charge in [0.15, 0.2) is 0 Å². The number of hydrogen-bond acceptors (Lipinski definition) is 3. The predicted molar refractivity (Wildman–Crippen MR) is 81.2 cm³/mol. The fraction of sp³-hybridized carbons (Fsp3) is 0.176. The van der Waals surface area contributed by atoms with Crippen LogP contribution in [0.5, 0.6) is 0 Å². The molecule has 0 aliphatic rings. The molecule has 114 valence electrons. The van der Waals surface area contributed by atoms with Crippen LogP contribution in [0.4, 0.5) is 0 Å². The average molecular weight is 300 g/mol. The standard InChI is InChI=1S/C17H16O5/c1-9-13(16(19)20)6-7-14(15(9)17(21)22)12-5-3-4-11(8-12)10(2)18/h3-8,10,18H,1-2H3,(H,19,20)(H,21,22). The Balaban J connectivity index is 2.70. The molecule has 1 atom stereocenters. The summed E-state index contributed by atoms with van der Waals surface area (Å²) in [6.07, 6.45) is -0.674. The van der Waals surface area contributed by atoms with Crippen molar-refractivity contribution in [1.82, 2.24) is 0 Å². The Kier molecular flexibility index (Phi) is 4.28. The summed E-state index contributed by atoms with van der Waals surface area (Å²) < 4.78 is 0. The quantitative estimate of drug-likeness (QED) is 0.806. The molecule has 0 aromatic heterocycles. The third kappa shape index (κ3) is 2.84. The predicted octanol–water partition coefficient (Wildman–Crippen LogP) is 3.11. The highest BCUT2D eigenvalue weighted by Crippen LogP contribution is 2.30. The summed E-state index contributed by atoms with van der Waals surface area (Å²) in [5.41, 5.74) is 1.84. The van der Waals surface area contributed by atoms with Gasteiger partial charge in [-0.15, -0.1) is 0 Å². The van der Waals surface area contributed by atoms with Gasteiger partial charge in [-0.1, -0.05) is 24.3 Å². The van der Waals surface area contributed by atoms with Crippen molar-refractivity contribution in [3.63, 3.8) is 0 Å². The Morgan fingerprint density at radius 1 is 1.05 bits per heavy atom. The van der Waals surface area contributed by atoms with Crippen molar-refractivity contribution >= 4 is 11.9 Å². The van der Waals surface area contributed by atoms with Crippen molar-refractivity contribution in [2.75, 3.05) is 0 Å². The van der Waals surface area contributed by atoms with E-state index in [-0.39, 0.29) is 16.7 Å². The number of carboxylic acids is 2. The number of hydrogen-bond donors (Lipinski definition) is 3. The van der Waals surface area contributed by atoms with Crippen LogP contribution in [-0.4, -0.2) is 27.3 Å². The molecular formula is C17H16O5. The van der Waals surface area contributed by atoms with Gasteiger partial charge in [-0.25, -0.2) is 9.59 Å². The van der Waals surface area contributed by atoms with Gasteiger partial charge in [-0.2, -0.15) is 0 Å². The molecule has 0 saturated heterocycles. The molecular weight excluding hydrogens is 284 g/mol. The molecule has 0 aliphatic carbocycles.